The molecule has 1 aliphatic carbocycles. The first-order valence-corrected chi connectivity index (χ1v) is 8.56. The number of carbonyl (C=O) groups is 1. The van der Waals surface area contributed by atoms with Crippen LogP contribution in [0.25, 0.3) is 0 Å². The van der Waals surface area contributed by atoms with Crippen LogP contribution >= 0.6 is 11.3 Å². The van der Waals surface area contributed by atoms with E-state index in [0.717, 1.165) is 17.6 Å². The van der Waals surface area contributed by atoms with Gasteiger partial charge in [0.1, 0.15) is 4.88 Å². The van der Waals surface area contributed by atoms with Gasteiger partial charge in [-0.15, -0.1) is 0 Å². The lowest BCUT2D eigenvalue weighted by Gasteiger charge is -2.26. The second-order valence-corrected chi connectivity index (χ2v) is 8.09. The molecule has 1 fully saturated rings. The molecule has 2 rings (SSSR count). The van der Waals surface area contributed by atoms with Crippen molar-refractivity contribution in [2.45, 2.75) is 58.3 Å². The molecule has 0 amide bonds. The molecule has 118 valence electrons. The zero-order chi connectivity index (χ0) is 15.6. The molecule has 1 saturated carbocycles. The molecule has 5 heteroatoms. The molecular formula is C16H26N2O2S. The minimum absolute atomic E-state index is 0.242. The third kappa shape index (κ3) is 3.96. The van der Waals surface area contributed by atoms with E-state index in [1.54, 1.807) is 0 Å². The third-order valence-electron chi connectivity index (χ3n) is 4.10. The Labute approximate surface area is 131 Å². The second kappa shape index (κ2) is 6.34. The van der Waals surface area contributed by atoms with Gasteiger partial charge < -0.3 is 10.0 Å². The zero-order valence-electron chi connectivity index (χ0n) is 13.5. The Bertz CT molecular complexity index is 499. The molecule has 0 atom stereocenters. The van der Waals surface area contributed by atoms with Crippen LogP contribution in [0.3, 0.4) is 0 Å². The monoisotopic (exact) mass is 310 g/mol. The molecule has 0 spiro atoms. The number of thiazole rings is 1. The van der Waals surface area contributed by atoms with Crippen LogP contribution in [0.5, 0.6) is 0 Å². The number of hydrogen-bond acceptors (Lipinski definition) is 4. The summed E-state index contributed by atoms with van der Waals surface area (Å²) in [5, 5.41) is 10.2. The maximum atomic E-state index is 11.4. The Morgan fingerprint density at radius 2 is 1.95 bits per heavy atom. The summed E-state index contributed by atoms with van der Waals surface area (Å²) in [6.07, 6.45) is 6.57. The summed E-state index contributed by atoms with van der Waals surface area (Å²) >= 11 is 1.31. The molecule has 1 aromatic rings. The maximum absolute atomic E-state index is 11.4. The molecule has 0 radical (unpaired) electrons. The summed E-state index contributed by atoms with van der Waals surface area (Å²) in [4.78, 5) is 18.6. The number of hydrogen-bond donors (Lipinski definition) is 1. The quantitative estimate of drug-likeness (QED) is 0.907. The molecular weight excluding hydrogens is 284 g/mol. The van der Waals surface area contributed by atoms with Crippen molar-refractivity contribution < 1.29 is 9.90 Å². The Hall–Kier alpha value is -1.10. The Kier molecular flexibility index (Phi) is 4.91. The number of rotatable bonds is 4. The van der Waals surface area contributed by atoms with E-state index in [1.165, 1.54) is 43.4 Å². The van der Waals surface area contributed by atoms with Crippen molar-refractivity contribution in [1.82, 2.24) is 4.98 Å². The topological polar surface area (TPSA) is 53.4 Å². The highest BCUT2D eigenvalue weighted by Gasteiger charge is 2.28. The van der Waals surface area contributed by atoms with Crippen molar-refractivity contribution in [1.29, 1.82) is 0 Å². The van der Waals surface area contributed by atoms with Gasteiger partial charge in [-0.2, -0.15) is 0 Å². The van der Waals surface area contributed by atoms with E-state index in [0.29, 0.717) is 10.6 Å². The highest BCUT2D eigenvalue weighted by Crippen LogP contribution is 2.34. The summed E-state index contributed by atoms with van der Waals surface area (Å²) < 4.78 is 0. The lowest BCUT2D eigenvalue weighted by molar-refractivity contribution is 0.0699. The fourth-order valence-electron chi connectivity index (χ4n) is 2.96. The predicted octanol–water partition coefficient (Wildman–Crippen LogP) is 4.16. The second-order valence-electron chi connectivity index (χ2n) is 7.11. The van der Waals surface area contributed by atoms with Gasteiger partial charge in [0.25, 0.3) is 0 Å². The molecule has 4 nitrogen and oxygen atoms in total. The predicted molar refractivity (Wildman–Crippen MR) is 87.6 cm³/mol. The molecule has 0 unspecified atom stereocenters. The zero-order valence-corrected chi connectivity index (χ0v) is 14.3. The van der Waals surface area contributed by atoms with Crippen molar-refractivity contribution in [2.75, 3.05) is 18.5 Å². The average molecular weight is 310 g/mol. The normalized spacial score (nSPS) is 17.0. The average Bonchev–Trinajstić information content (AvgIpc) is 2.85. The molecule has 0 aromatic carbocycles. The van der Waals surface area contributed by atoms with Crippen molar-refractivity contribution >= 4 is 22.4 Å². The van der Waals surface area contributed by atoms with Crippen LogP contribution in [0.15, 0.2) is 0 Å². The fraction of sp³-hybridized carbons (Fsp3) is 0.750. The molecule has 1 heterocycles. The summed E-state index contributed by atoms with van der Waals surface area (Å²) in [5.74, 6) is -0.145. The van der Waals surface area contributed by atoms with Gasteiger partial charge >= 0.3 is 5.97 Å². The van der Waals surface area contributed by atoms with Gasteiger partial charge in [-0.05, 0) is 18.8 Å². The van der Waals surface area contributed by atoms with Crippen molar-refractivity contribution in [3.05, 3.63) is 10.6 Å². The minimum Gasteiger partial charge on any atom is -0.477 e. The summed E-state index contributed by atoms with van der Waals surface area (Å²) in [6, 6.07) is 0. The summed E-state index contributed by atoms with van der Waals surface area (Å²) in [7, 11) is 2.03. The Balaban J connectivity index is 2.17. The largest absolute Gasteiger partial charge is 0.477 e. The van der Waals surface area contributed by atoms with Gasteiger partial charge in [-0.25, -0.2) is 9.78 Å². The first-order valence-electron chi connectivity index (χ1n) is 7.74. The molecule has 1 aromatic heterocycles. The van der Waals surface area contributed by atoms with E-state index < -0.39 is 5.97 Å². The lowest BCUT2D eigenvalue weighted by Crippen LogP contribution is -2.27. The van der Waals surface area contributed by atoms with Crippen LogP contribution < -0.4 is 4.90 Å². The number of aromatic nitrogens is 1. The van der Waals surface area contributed by atoms with Crippen LogP contribution in [0.4, 0.5) is 5.13 Å². The lowest BCUT2D eigenvalue weighted by atomic mass is 9.89. The van der Waals surface area contributed by atoms with Gasteiger partial charge in [0.2, 0.25) is 0 Å². The first-order chi connectivity index (χ1) is 9.79. The summed E-state index contributed by atoms with van der Waals surface area (Å²) in [6.45, 7) is 7.02. The first kappa shape index (κ1) is 16.3. The number of carboxylic acid groups (broad SMARTS) is 1. The van der Waals surface area contributed by atoms with Gasteiger partial charge in [0.05, 0.1) is 5.69 Å². The van der Waals surface area contributed by atoms with Crippen molar-refractivity contribution in [3.63, 3.8) is 0 Å². The van der Waals surface area contributed by atoms with E-state index in [-0.39, 0.29) is 5.41 Å². The molecule has 0 aliphatic heterocycles. The van der Waals surface area contributed by atoms with E-state index in [2.05, 4.69) is 9.88 Å². The third-order valence-corrected chi connectivity index (χ3v) is 5.26. The molecule has 0 saturated heterocycles. The Morgan fingerprint density at radius 3 is 2.43 bits per heavy atom. The molecule has 21 heavy (non-hydrogen) atoms. The van der Waals surface area contributed by atoms with Crippen molar-refractivity contribution in [3.8, 4) is 0 Å². The number of anilines is 1. The highest BCUT2D eigenvalue weighted by molar-refractivity contribution is 7.17. The molecule has 0 bridgehead atoms. The van der Waals surface area contributed by atoms with Crippen LogP contribution in [0, 0.1) is 5.92 Å². The van der Waals surface area contributed by atoms with Crippen LogP contribution in [0.2, 0.25) is 0 Å². The number of nitrogens with zero attached hydrogens (tertiary/aromatic N) is 2. The Morgan fingerprint density at radius 1 is 1.33 bits per heavy atom. The van der Waals surface area contributed by atoms with Gasteiger partial charge in [-0.3, -0.25) is 0 Å². The minimum atomic E-state index is -0.866. The number of aromatic carboxylic acids is 1. The number of carboxylic acids is 1. The standard InChI is InChI=1S/C16H26N2O2S/c1-16(2,3)13-12(14(19)20)21-15(17-13)18(4)10-11-8-6-5-7-9-11/h11H,5-10H2,1-4H3,(H,19,20). The fourth-order valence-corrected chi connectivity index (χ4v) is 4.05. The smallest absolute Gasteiger partial charge is 0.347 e. The van der Waals surface area contributed by atoms with E-state index in [4.69, 9.17) is 0 Å². The molecule has 1 N–H and O–H groups in total. The van der Waals surface area contributed by atoms with E-state index in [1.807, 2.05) is 27.8 Å². The molecule has 1 aliphatic rings. The SMILES string of the molecule is CN(CC1CCCCC1)c1nc(C(C)(C)C)c(C(=O)O)s1. The van der Waals surface area contributed by atoms with Crippen LogP contribution in [-0.4, -0.2) is 29.7 Å². The van der Waals surface area contributed by atoms with E-state index in [9.17, 15) is 9.90 Å². The van der Waals surface area contributed by atoms with Crippen LogP contribution in [-0.2, 0) is 5.41 Å². The van der Waals surface area contributed by atoms with E-state index >= 15 is 0 Å². The van der Waals surface area contributed by atoms with Gasteiger partial charge in [0.15, 0.2) is 5.13 Å². The highest BCUT2D eigenvalue weighted by atomic mass is 32.1. The van der Waals surface area contributed by atoms with Crippen molar-refractivity contribution in [2.24, 2.45) is 5.92 Å². The van der Waals surface area contributed by atoms with Gasteiger partial charge in [-0.1, -0.05) is 51.4 Å². The summed E-state index contributed by atoms with van der Waals surface area (Å²) in [5.41, 5.74) is 0.458. The van der Waals surface area contributed by atoms with Crippen LogP contribution in [0.1, 0.15) is 68.2 Å². The van der Waals surface area contributed by atoms with Gasteiger partial charge in [0, 0.05) is 19.0 Å². The maximum Gasteiger partial charge on any atom is 0.347 e.